The van der Waals surface area contributed by atoms with E-state index in [0.29, 0.717) is 5.56 Å². The van der Waals surface area contributed by atoms with E-state index < -0.39 is 41.5 Å². The number of primary amides is 1. The number of rotatable bonds is 7. The number of halogens is 1. The van der Waals surface area contributed by atoms with E-state index in [1.165, 1.54) is 25.1 Å². The number of fused-ring (bicyclic) bond motifs is 3. The number of hydrogen-bond acceptors (Lipinski definition) is 3. The summed E-state index contributed by atoms with van der Waals surface area (Å²) in [5.74, 6) is -2.58. The van der Waals surface area contributed by atoms with Gasteiger partial charge in [0.1, 0.15) is 17.9 Å². The third kappa shape index (κ3) is 4.62. The molecule has 4 N–H and O–H groups in total. The second-order valence-corrected chi connectivity index (χ2v) is 8.13. The highest BCUT2D eigenvalue weighted by molar-refractivity contribution is 5.94. The zero-order chi connectivity index (χ0) is 23.5. The lowest BCUT2D eigenvalue weighted by Gasteiger charge is -2.26. The zero-order valence-corrected chi connectivity index (χ0v) is 18.0. The lowest BCUT2D eigenvalue weighted by atomic mass is 9.88. The molecule has 0 unspecified atom stereocenters. The Labute approximate surface area is 191 Å². The second kappa shape index (κ2) is 9.24. The molecule has 3 aromatic rings. The van der Waals surface area contributed by atoms with Crippen LogP contribution in [-0.4, -0.2) is 29.8 Å². The van der Waals surface area contributed by atoms with Gasteiger partial charge in [-0.1, -0.05) is 60.7 Å². The third-order valence-corrected chi connectivity index (χ3v) is 5.84. The number of nitrogens with one attached hydrogen (secondary N) is 2. The molecule has 0 heterocycles. The quantitative estimate of drug-likeness (QED) is 0.521. The second-order valence-electron chi connectivity index (χ2n) is 8.13. The lowest BCUT2D eigenvalue weighted by Crippen LogP contribution is -2.55. The molecular formula is C26H24FN3O3. The van der Waals surface area contributed by atoms with E-state index in [9.17, 15) is 18.8 Å². The number of benzene rings is 3. The van der Waals surface area contributed by atoms with Crippen LogP contribution >= 0.6 is 0 Å². The molecule has 0 spiro atoms. The van der Waals surface area contributed by atoms with Crippen molar-refractivity contribution in [2.24, 2.45) is 5.73 Å². The predicted octanol–water partition coefficient (Wildman–Crippen LogP) is 2.66. The molecule has 0 bridgehead atoms. The molecule has 6 nitrogen and oxygen atoms in total. The normalized spacial score (nSPS) is 14.0. The molecular weight excluding hydrogens is 421 g/mol. The summed E-state index contributed by atoms with van der Waals surface area (Å²) in [6, 6.07) is 19.1. The van der Waals surface area contributed by atoms with Gasteiger partial charge in [0.2, 0.25) is 17.7 Å². The van der Waals surface area contributed by atoms with Gasteiger partial charge in [0.05, 0.1) is 0 Å². The van der Waals surface area contributed by atoms with Crippen LogP contribution in [0, 0.1) is 5.82 Å². The van der Waals surface area contributed by atoms with Crippen LogP contribution in [0.3, 0.4) is 0 Å². The van der Waals surface area contributed by atoms with Crippen molar-refractivity contribution in [3.8, 4) is 11.1 Å². The van der Waals surface area contributed by atoms with Crippen molar-refractivity contribution in [3.05, 3.63) is 95.3 Å². The van der Waals surface area contributed by atoms with E-state index in [4.69, 9.17) is 5.73 Å². The summed E-state index contributed by atoms with van der Waals surface area (Å²) < 4.78 is 13.6. The van der Waals surface area contributed by atoms with Crippen LogP contribution in [0.5, 0.6) is 0 Å². The zero-order valence-electron chi connectivity index (χ0n) is 18.0. The predicted molar refractivity (Wildman–Crippen MR) is 123 cm³/mol. The maximum atomic E-state index is 13.6. The fourth-order valence-electron chi connectivity index (χ4n) is 4.48. The first-order chi connectivity index (χ1) is 15.8. The Kier molecular flexibility index (Phi) is 6.22. The fourth-order valence-corrected chi connectivity index (χ4v) is 4.48. The van der Waals surface area contributed by atoms with Crippen molar-refractivity contribution >= 4 is 17.7 Å². The van der Waals surface area contributed by atoms with Gasteiger partial charge in [-0.2, -0.15) is 0 Å². The Morgan fingerprint density at radius 2 is 1.52 bits per heavy atom. The van der Waals surface area contributed by atoms with Crippen LogP contribution in [0.15, 0.2) is 72.8 Å². The molecule has 0 aliphatic heterocycles. The summed E-state index contributed by atoms with van der Waals surface area (Å²) in [7, 11) is 0. The summed E-state index contributed by atoms with van der Waals surface area (Å²) in [5.41, 5.74) is 10.1. The first-order valence-corrected chi connectivity index (χ1v) is 10.6. The highest BCUT2D eigenvalue weighted by atomic mass is 19.1. The van der Waals surface area contributed by atoms with Gasteiger partial charge in [-0.25, -0.2) is 4.39 Å². The molecule has 1 aliphatic carbocycles. The molecule has 0 aromatic heterocycles. The maximum absolute atomic E-state index is 13.6. The molecule has 3 amide bonds. The van der Waals surface area contributed by atoms with Crippen molar-refractivity contribution in [1.82, 2.24) is 10.6 Å². The Bertz CT molecular complexity index is 1180. The topological polar surface area (TPSA) is 101 Å². The minimum atomic E-state index is -1.04. The highest BCUT2D eigenvalue weighted by Gasteiger charge is 2.38. The average molecular weight is 445 g/mol. The summed E-state index contributed by atoms with van der Waals surface area (Å²) in [6.45, 7) is 1.29. The van der Waals surface area contributed by atoms with Crippen LogP contribution in [0.1, 0.15) is 29.5 Å². The minimum Gasteiger partial charge on any atom is -0.368 e. The molecule has 4 rings (SSSR count). The summed E-state index contributed by atoms with van der Waals surface area (Å²) in [4.78, 5) is 37.6. The smallest absolute Gasteiger partial charge is 0.243 e. The first-order valence-electron chi connectivity index (χ1n) is 10.6. The molecule has 2 atom stereocenters. The van der Waals surface area contributed by atoms with E-state index >= 15 is 0 Å². The van der Waals surface area contributed by atoms with Gasteiger partial charge in [-0.05, 0) is 39.9 Å². The molecule has 0 fully saturated rings. The van der Waals surface area contributed by atoms with E-state index in [1.54, 1.807) is 6.07 Å². The first kappa shape index (κ1) is 22.2. The van der Waals surface area contributed by atoms with Crippen LogP contribution < -0.4 is 16.4 Å². The SMILES string of the molecule is CC(=O)N[C@@H](Cc1cccc(F)c1)C(=O)N[C@@H](C(N)=O)C1c2ccccc2-c2ccccc21. The number of amides is 3. The molecule has 3 aromatic carbocycles. The van der Waals surface area contributed by atoms with Crippen LogP contribution in [0.2, 0.25) is 0 Å². The molecule has 1 aliphatic rings. The summed E-state index contributed by atoms with van der Waals surface area (Å²) in [5, 5.41) is 5.35. The Morgan fingerprint density at radius 3 is 2.06 bits per heavy atom. The van der Waals surface area contributed by atoms with Gasteiger partial charge < -0.3 is 16.4 Å². The van der Waals surface area contributed by atoms with Crippen LogP contribution in [0.4, 0.5) is 4.39 Å². The number of carbonyl (C=O) groups is 3. The fraction of sp³-hybridized carbons (Fsp3) is 0.192. The van der Waals surface area contributed by atoms with Crippen molar-refractivity contribution in [3.63, 3.8) is 0 Å². The lowest BCUT2D eigenvalue weighted by molar-refractivity contribution is -0.131. The summed E-state index contributed by atoms with van der Waals surface area (Å²) >= 11 is 0. The van der Waals surface area contributed by atoms with E-state index in [2.05, 4.69) is 10.6 Å². The van der Waals surface area contributed by atoms with Crippen molar-refractivity contribution in [1.29, 1.82) is 0 Å². The average Bonchev–Trinajstić information content (AvgIpc) is 3.11. The Hall–Kier alpha value is -4.00. The van der Waals surface area contributed by atoms with Crippen LogP contribution in [0.25, 0.3) is 11.1 Å². The minimum absolute atomic E-state index is 0.0620. The molecule has 0 saturated carbocycles. The largest absolute Gasteiger partial charge is 0.368 e. The van der Waals surface area contributed by atoms with E-state index in [1.807, 2.05) is 48.5 Å². The monoisotopic (exact) mass is 445 g/mol. The van der Waals surface area contributed by atoms with Gasteiger partial charge in [-0.15, -0.1) is 0 Å². The Morgan fingerprint density at radius 1 is 0.909 bits per heavy atom. The van der Waals surface area contributed by atoms with Crippen molar-refractivity contribution in [2.75, 3.05) is 0 Å². The van der Waals surface area contributed by atoms with Gasteiger partial charge in [0, 0.05) is 19.3 Å². The van der Waals surface area contributed by atoms with Gasteiger partial charge >= 0.3 is 0 Å². The van der Waals surface area contributed by atoms with E-state index in [0.717, 1.165) is 22.3 Å². The molecule has 168 valence electrons. The maximum Gasteiger partial charge on any atom is 0.243 e. The van der Waals surface area contributed by atoms with Gasteiger partial charge in [0.15, 0.2) is 0 Å². The van der Waals surface area contributed by atoms with Crippen molar-refractivity contribution < 1.29 is 18.8 Å². The molecule has 0 saturated heterocycles. The number of carbonyl (C=O) groups excluding carboxylic acids is 3. The number of hydrogen-bond donors (Lipinski definition) is 3. The molecule has 33 heavy (non-hydrogen) atoms. The third-order valence-electron chi connectivity index (χ3n) is 5.84. The van der Waals surface area contributed by atoms with Gasteiger partial charge in [0.25, 0.3) is 0 Å². The number of nitrogens with two attached hydrogens (primary N) is 1. The molecule has 7 heteroatoms. The van der Waals surface area contributed by atoms with Gasteiger partial charge in [-0.3, -0.25) is 14.4 Å². The van der Waals surface area contributed by atoms with E-state index in [-0.39, 0.29) is 6.42 Å². The highest BCUT2D eigenvalue weighted by Crippen LogP contribution is 2.46. The Balaban J connectivity index is 1.65. The van der Waals surface area contributed by atoms with Crippen LogP contribution in [-0.2, 0) is 20.8 Å². The standard InChI is InChI=1S/C26H24FN3O3/c1-15(31)29-22(14-16-7-6-8-17(27)13-16)26(33)30-24(25(28)32)23-20-11-4-2-9-18(20)19-10-3-5-12-21(19)23/h2-13,22-24H,14H2,1H3,(H2,28,32)(H,29,31)(H,30,33)/t22-,24+/m0/s1. The molecule has 0 radical (unpaired) electrons. The van der Waals surface area contributed by atoms with Crippen molar-refractivity contribution in [2.45, 2.75) is 31.3 Å². The summed E-state index contributed by atoms with van der Waals surface area (Å²) in [6.07, 6.45) is 0.0620.